The van der Waals surface area contributed by atoms with Gasteiger partial charge in [-0.05, 0) is 44.4 Å². The van der Waals surface area contributed by atoms with Gasteiger partial charge in [-0.1, -0.05) is 6.07 Å². The summed E-state index contributed by atoms with van der Waals surface area (Å²) in [6.45, 7) is 1.74. The Hall–Kier alpha value is -2.55. The lowest BCUT2D eigenvalue weighted by atomic mass is 9.88. The highest BCUT2D eigenvalue weighted by Crippen LogP contribution is 2.37. The molecule has 1 aliphatic carbocycles. The minimum atomic E-state index is -2.50. The van der Waals surface area contributed by atoms with Crippen LogP contribution in [0.25, 0.3) is 16.6 Å². The van der Waals surface area contributed by atoms with E-state index in [9.17, 15) is 8.78 Å². The predicted molar refractivity (Wildman–Crippen MR) is 110 cm³/mol. The third-order valence-corrected chi connectivity index (χ3v) is 6.55. The number of methoxy groups -OCH3 is 1. The van der Waals surface area contributed by atoms with E-state index in [2.05, 4.69) is 15.0 Å². The highest BCUT2D eigenvalue weighted by Gasteiger charge is 2.38. The van der Waals surface area contributed by atoms with Crippen LogP contribution in [0.2, 0.25) is 0 Å². The van der Waals surface area contributed by atoms with Gasteiger partial charge in [0.15, 0.2) is 11.5 Å². The van der Waals surface area contributed by atoms with Crippen molar-refractivity contribution in [2.45, 2.75) is 56.4 Å². The number of ether oxygens (including phenoxy) is 1. The Morgan fingerprint density at radius 1 is 1.17 bits per heavy atom. The summed E-state index contributed by atoms with van der Waals surface area (Å²) in [6, 6.07) is 5.90. The number of para-hydroxylation sites is 1. The maximum atomic E-state index is 13.6. The number of alkyl halides is 2. The van der Waals surface area contributed by atoms with E-state index in [1.165, 1.54) is 0 Å². The highest BCUT2D eigenvalue weighted by molar-refractivity contribution is 5.95. The van der Waals surface area contributed by atoms with Crippen LogP contribution in [-0.2, 0) is 0 Å². The molecule has 2 fully saturated rings. The Kier molecular flexibility index (Phi) is 4.72. The quantitative estimate of drug-likeness (QED) is 0.702. The molecular formula is C21H26F2N6O. The first-order valence-corrected chi connectivity index (χ1v) is 10.6. The molecule has 2 N–H and O–H groups in total. The molecule has 0 bridgehead atoms. The van der Waals surface area contributed by atoms with Gasteiger partial charge in [-0.3, -0.25) is 4.90 Å². The number of rotatable bonds is 3. The number of aromatic nitrogens is 4. The van der Waals surface area contributed by atoms with Crippen molar-refractivity contribution in [2.75, 3.05) is 25.9 Å². The zero-order chi connectivity index (χ0) is 20.9. The van der Waals surface area contributed by atoms with Gasteiger partial charge >= 0.3 is 0 Å². The fraction of sp³-hybridized carbons (Fsp3) is 0.571. The number of likely N-dealkylation sites (tertiary alicyclic amines) is 1. The summed E-state index contributed by atoms with van der Waals surface area (Å²) in [6.07, 6.45) is 3.07. The van der Waals surface area contributed by atoms with Crippen molar-refractivity contribution in [3.8, 4) is 5.75 Å². The third-order valence-electron chi connectivity index (χ3n) is 6.55. The Morgan fingerprint density at radius 2 is 1.97 bits per heavy atom. The minimum Gasteiger partial charge on any atom is -0.494 e. The Morgan fingerprint density at radius 3 is 2.73 bits per heavy atom. The molecule has 9 heteroatoms. The van der Waals surface area contributed by atoms with Crippen molar-refractivity contribution < 1.29 is 13.5 Å². The zero-order valence-electron chi connectivity index (χ0n) is 17.0. The first-order valence-electron chi connectivity index (χ1n) is 10.6. The number of benzene rings is 1. The number of nitrogens with zero attached hydrogens (tertiary/aromatic N) is 5. The average molecular weight is 416 g/mol. The second kappa shape index (κ2) is 7.30. The van der Waals surface area contributed by atoms with E-state index in [-0.39, 0.29) is 30.7 Å². The molecule has 0 radical (unpaired) electrons. The molecule has 1 aliphatic heterocycles. The van der Waals surface area contributed by atoms with E-state index < -0.39 is 5.92 Å². The fourth-order valence-corrected chi connectivity index (χ4v) is 4.92. The largest absolute Gasteiger partial charge is 0.494 e. The zero-order valence-corrected chi connectivity index (χ0v) is 17.0. The summed E-state index contributed by atoms with van der Waals surface area (Å²) in [5, 5.41) is 5.51. The Labute approximate surface area is 173 Å². The smallest absolute Gasteiger partial charge is 0.248 e. The molecule has 1 saturated heterocycles. The van der Waals surface area contributed by atoms with Gasteiger partial charge in [0.2, 0.25) is 11.9 Å². The van der Waals surface area contributed by atoms with Crippen molar-refractivity contribution in [3.63, 3.8) is 0 Å². The van der Waals surface area contributed by atoms with E-state index in [1.807, 2.05) is 18.2 Å². The maximum Gasteiger partial charge on any atom is 0.248 e. The lowest BCUT2D eigenvalue weighted by Crippen LogP contribution is -2.45. The van der Waals surface area contributed by atoms with E-state index in [4.69, 9.17) is 15.5 Å². The van der Waals surface area contributed by atoms with E-state index in [0.717, 1.165) is 37.1 Å². The van der Waals surface area contributed by atoms with E-state index >= 15 is 0 Å². The lowest BCUT2D eigenvalue weighted by Gasteiger charge is -2.40. The van der Waals surface area contributed by atoms with Crippen LogP contribution in [0.4, 0.5) is 14.7 Å². The standard InChI is InChI=1S/C21H26F2N6O/c1-30-16-6-2-5-15-17(16)25-20(24)29-19(15)26-18(27-29)13-4-3-11-28(12-13)14-7-9-21(22,23)10-8-14/h2,5-6,13-14H,3-4,7-12H2,1H3,(H2,24,25)/t13-/m1/s1. The van der Waals surface area contributed by atoms with Gasteiger partial charge < -0.3 is 10.5 Å². The number of halogens is 2. The van der Waals surface area contributed by atoms with E-state index in [1.54, 1.807) is 11.6 Å². The molecule has 3 heterocycles. The van der Waals surface area contributed by atoms with Crippen LogP contribution < -0.4 is 10.5 Å². The molecule has 3 aromatic rings. The molecule has 0 unspecified atom stereocenters. The van der Waals surface area contributed by atoms with Crippen LogP contribution in [0.5, 0.6) is 5.75 Å². The number of hydrogen-bond acceptors (Lipinski definition) is 6. The topological polar surface area (TPSA) is 81.6 Å². The molecule has 1 aromatic carbocycles. The molecule has 2 aliphatic rings. The van der Waals surface area contributed by atoms with Crippen molar-refractivity contribution in [3.05, 3.63) is 24.0 Å². The number of fused-ring (bicyclic) bond motifs is 3. The molecule has 5 rings (SSSR count). The maximum absolute atomic E-state index is 13.6. The molecule has 7 nitrogen and oxygen atoms in total. The van der Waals surface area contributed by atoms with Crippen LogP contribution in [0.1, 0.15) is 50.3 Å². The molecule has 0 spiro atoms. The number of piperidine rings is 1. The van der Waals surface area contributed by atoms with Crippen LogP contribution >= 0.6 is 0 Å². The number of anilines is 1. The second-order valence-corrected chi connectivity index (χ2v) is 8.45. The second-order valence-electron chi connectivity index (χ2n) is 8.45. The van der Waals surface area contributed by atoms with Crippen molar-refractivity contribution >= 4 is 22.5 Å². The monoisotopic (exact) mass is 416 g/mol. The normalized spacial score (nSPS) is 23.2. The van der Waals surface area contributed by atoms with Gasteiger partial charge in [-0.2, -0.15) is 4.52 Å². The SMILES string of the molecule is COc1cccc2c1nc(N)n1nc([C@@H]3CCCN(C4CCC(F)(F)CC4)C3)nc21. The molecule has 2 aromatic heterocycles. The summed E-state index contributed by atoms with van der Waals surface area (Å²) >= 11 is 0. The third kappa shape index (κ3) is 3.34. The molecule has 0 amide bonds. The summed E-state index contributed by atoms with van der Waals surface area (Å²) in [7, 11) is 1.60. The Bertz CT molecular complexity index is 1070. The van der Waals surface area contributed by atoms with Gasteiger partial charge in [0.25, 0.3) is 0 Å². The molecule has 30 heavy (non-hydrogen) atoms. The first-order chi connectivity index (χ1) is 14.4. The van der Waals surface area contributed by atoms with Crippen LogP contribution in [-0.4, -0.2) is 56.6 Å². The van der Waals surface area contributed by atoms with Gasteiger partial charge in [0.05, 0.1) is 7.11 Å². The molecular weight excluding hydrogens is 390 g/mol. The summed E-state index contributed by atoms with van der Waals surface area (Å²) in [5.41, 5.74) is 7.50. The van der Waals surface area contributed by atoms with Gasteiger partial charge in [0, 0.05) is 36.7 Å². The van der Waals surface area contributed by atoms with Crippen LogP contribution in [0.15, 0.2) is 18.2 Å². The van der Waals surface area contributed by atoms with Crippen LogP contribution in [0, 0.1) is 0 Å². The summed E-state index contributed by atoms with van der Waals surface area (Å²) in [4.78, 5) is 11.7. The minimum absolute atomic E-state index is 0.0124. The van der Waals surface area contributed by atoms with Crippen molar-refractivity contribution in [2.24, 2.45) is 0 Å². The van der Waals surface area contributed by atoms with Crippen LogP contribution in [0.3, 0.4) is 0 Å². The molecule has 160 valence electrons. The number of nitrogen functional groups attached to an aromatic ring is 1. The molecule has 1 atom stereocenters. The van der Waals surface area contributed by atoms with Gasteiger partial charge in [-0.15, -0.1) is 5.10 Å². The van der Waals surface area contributed by atoms with Gasteiger partial charge in [0.1, 0.15) is 11.3 Å². The average Bonchev–Trinajstić information content (AvgIpc) is 3.20. The van der Waals surface area contributed by atoms with Crippen molar-refractivity contribution in [1.82, 2.24) is 24.5 Å². The highest BCUT2D eigenvalue weighted by atomic mass is 19.3. The van der Waals surface area contributed by atoms with E-state index in [0.29, 0.717) is 29.8 Å². The first kappa shape index (κ1) is 19.4. The molecule has 1 saturated carbocycles. The Balaban J connectivity index is 1.44. The van der Waals surface area contributed by atoms with Gasteiger partial charge in [-0.25, -0.2) is 18.7 Å². The lowest BCUT2D eigenvalue weighted by molar-refractivity contribution is -0.0562. The predicted octanol–water partition coefficient (Wildman–Crippen LogP) is 3.63. The van der Waals surface area contributed by atoms with Crippen molar-refractivity contribution in [1.29, 1.82) is 0 Å². The number of hydrogen-bond donors (Lipinski definition) is 1. The number of nitrogens with two attached hydrogens (primary N) is 1. The summed E-state index contributed by atoms with van der Waals surface area (Å²) in [5.74, 6) is -0.695. The summed E-state index contributed by atoms with van der Waals surface area (Å²) < 4.78 is 34.1. The fourth-order valence-electron chi connectivity index (χ4n) is 4.92.